The van der Waals surface area contributed by atoms with Gasteiger partial charge in [-0.05, 0) is 37.5 Å². The molecule has 2 aliphatic rings. The molecular weight excluding hydrogens is 335 g/mol. The van der Waals surface area contributed by atoms with Crippen LogP contribution in [0.2, 0.25) is 0 Å². The highest BCUT2D eigenvalue weighted by Gasteiger charge is 2.44. The lowest BCUT2D eigenvalue weighted by atomic mass is 10.0. The number of hydrogen-bond donors (Lipinski definition) is 0. The highest BCUT2D eigenvalue weighted by Crippen LogP contribution is 2.40. The van der Waals surface area contributed by atoms with Gasteiger partial charge in [-0.3, -0.25) is 4.57 Å². The molecule has 0 saturated carbocycles. The molecule has 8 heteroatoms. The Morgan fingerprint density at radius 1 is 1.24 bits per heavy atom. The van der Waals surface area contributed by atoms with Gasteiger partial charge in [-0.25, -0.2) is 18.0 Å². The van der Waals surface area contributed by atoms with Gasteiger partial charge in [0, 0.05) is 12.6 Å². The summed E-state index contributed by atoms with van der Waals surface area (Å²) in [5, 5.41) is 0. The third-order valence-corrected chi connectivity index (χ3v) is 4.92. The largest absolute Gasteiger partial charge is 0.473 e. The fourth-order valence-electron chi connectivity index (χ4n) is 3.69. The number of nitrogens with zero attached hydrogens (tertiary/aromatic N) is 3. The zero-order valence-corrected chi connectivity index (χ0v) is 13.6. The quantitative estimate of drug-likeness (QED) is 0.798. The molecule has 0 N–H and O–H groups in total. The minimum atomic E-state index is -1.52. The first-order chi connectivity index (χ1) is 11.9. The van der Waals surface area contributed by atoms with E-state index in [0.717, 1.165) is 37.3 Å². The van der Waals surface area contributed by atoms with Gasteiger partial charge in [-0.1, -0.05) is 0 Å². The molecule has 1 aromatic carbocycles. The van der Waals surface area contributed by atoms with Gasteiger partial charge in [-0.2, -0.15) is 4.98 Å². The van der Waals surface area contributed by atoms with Gasteiger partial charge < -0.3 is 9.64 Å². The van der Waals surface area contributed by atoms with Gasteiger partial charge in [0.05, 0.1) is 12.1 Å². The van der Waals surface area contributed by atoms with E-state index < -0.39 is 23.1 Å². The predicted octanol–water partition coefficient (Wildman–Crippen LogP) is 2.61. The van der Waals surface area contributed by atoms with E-state index in [1.165, 1.54) is 0 Å². The van der Waals surface area contributed by atoms with Crippen LogP contribution in [0.25, 0.3) is 0 Å². The number of fused-ring (bicyclic) bond motifs is 3. The van der Waals surface area contributed by atoms with Crippen molar-refractivity contribution in [1.82, 2.24) is 9.55 Å². The number of ether oxygens (including phenoxy) is 1. The maximum absolute atomic E-state index is 13.3. The number of hydrogen-bond acceptors (Lipinski definition) is 4. The molecule has 5 nitrogen and oxygen atoms in total. The summed E-state index contributed by atoms with van der Waals surface area (Å²) in [6, 6.07) is 3.38. The van der Waals surface area contributed by atoms with E-state index in [4.69, 9.17) is 4.74 Å². The number of rotatable bonds is 3. The molecule has 0 amide bonds. The van der Waals surface area contributed by atoms with Crippen molar-refractivity contribution >= 4 is 5.82 Å². The van der Waals surface area contributed by atoms with Crippen LogP contribution in [0.5, 0.6) is 5.88 Å². The van der Waals surface area contributed by atoms with E-state index in [1.54, 1.807) is 10.6 Å². The van der Waals surface area contributed by atoms with Gasteiger partial charge in [0.15, 0.2) is 17.5 Å². The third kappa shape index (κ3) is 2.56. The molecule has 132 valence electrons. The second-order valence-corrected chi connectivity index (χ2v) is 6.74. The lowest BCUT2D eigenvalue weighted by molar-refractivity contribution is 0.289. The minimum Gasteiger partial charge on any atom is -0.473 e. The Morgan fingerprint density at radius 3 is 2.68 bits per heavy atom. The van der Waals surface area contributed by atoms with Crippen molar-refractivity contribution in [2.24, 2.45) is 0 Å². The van der Waals surface area contributed by atoms with E-state index in [1.807, 2.05) is 0 Å². The van der Waals surface area contributed by atoms with Crippen LogP contribution in [0.3, 0.4) is 0 Å². The van der Waals surface area contributed by atoms with Crippen LogP contribution in [-0.2, 0) is 13.2 Å². The minimum absolute atomic E-state index is 0.0811. The van der Waals surface area contributed by atoms with Crippen LogP contribution < -0.4 is 15.3 Å². The van der Waals surface area contributed by atoms with Gasteiger partial charge >= 0.3 is 5.69 Å². The molecule has 3 heterocycles. The molecular formula is C17H16F3N3O2. The number of anilines is 1. The summed E-state index contributed by atoms with van der Waals surface area (Å²) < 4.78 is 46.5. The maximum Gasteiger partial charge on any atom is 0.352 e. The van der Waals surface area contributed by atoms with Crippen LogP contribution in [0.4, 0.5) is 19.0 Å². The highest BCUT2D eigenvalue weighted by molar-refractivity contribution is 5.50. The van der Waals surface area contributed by atoms with Crippen LogP contribution in [0.1, 0.15) is 25.3 Å². The summed E-state index contributed by atoms with van der Waals surface area (Å²) >= 11 is 0. The van der Waals surface area contributed by atoms with E-state index >= 15 is 0 Å². The van der Waals surface area contributed by atoms with Crippen molar-refractivity contribution in [3.63, 3.8) is 0 Å². The van der Waals surface area contributed by atoms with Crippen molar-refractivity contribution in [2.45, 2.75) is 38.5 Å². The summed E-state index contributed by atoms with van der Waals surface area (Å²) in [6.07, 6.45) is 2.05. The van der Waals surface area contributed by atoms with E-state index in [0.29, 0.717) is 6.54 Å². The van der Waals surface area contributed by atoms with E-state index in [-0.39, 0.29) is 23.6 Å². The number of halogens is 3. The van der Waals surface area contributed by atoms with Gasteiger partial charge in [0.25, 0.3) is 0 Å². The van der Waals surface area contributed by atoms with Crippen LogP contribution >= 0.6 is 0 Å². The fourth-order valence-corrected chi connectivity index (χ4v) is 3.69. The van der Waals surface area contributed by atoms with Crippen molar-refractivity contribution in [1.29, 1.82) is 0 Å². The van der Waals surface area contributed by atoms with Crippen molar-refractivity contribution in [3.05, 3.63) is 51.7 Å². The molecule has 1 aromatic heterocycles. The lowest BCUT2D eigenvalue weighted by Crippen LogP contribution is -2.38. The summed E-state index contributed by atoms with van der Waals surface area (Å²) in [5.41, 5.74) is -0.389. The Labute approximate surface area is 141 Å². The van der Waals surface area contributed by atoms with E-state index in [2.05, 4.69) is 16.8 Å². The van der Waals surface area contributed by atoms with Crippen LogP contribution in [0.15, 0.2) is 23.0 Å². The van der Waals surface area contributed by atoms with Crippen LogP contribution in [-0.4, -0.2) is 21.6 Å². The van der Waals surface area contributed by atoms with Gasteiger partial charge in [0.2, 0.25) is 5.88 Å². The second-order valence-electron chi connectivity index (χ2n) is 6.74. The first-order valence-electron chi connectivity index (χ1n) is 8.03. The standard InChI is InChI=1S/C17H16F3N3O2/c1-17-3-2-4-23(17)14-7-13(21-16(24)22(14)9-17)25-8-10-5-11(18)15(20)12(19)6-10/h5-7H,2-4,8-9H2,1H3/t17-/m1/s1. The Morgan fingerprint density at radius 2 is 1.96 bits per heavy atom. The molecule has 1 fully saturated rings. The summed E-state index contributed by atoms with van der Waals surface area (Å²) in [7, 11) is 0. The zero-order chi connectivity index (χ0) is 17.8. The molecule has 2 aliphatic heterocycles. The average molecular weight is 351 g/mol. The Bertz CT molecular complexity index is 891. The van der Waals surface area contributed by atoms with Crippen LogP contribution in [0, 0.1) is 17.5 Å². The van der Waals surface area contributed by atoms with E-state index in [9.17, 15) is 18.0 Å². The molecule has 2 aromatic rings. The molecule has 0 unspecified atom stereocenters. The number of aromatic nitrogens is 2. The summed E-state index contributed by atoms with van der Waals surface area (Å²) in [6.45, 7) is 3.33. The fraction of sp³-hybridized carbons (Fsp3) is 0.412. The molecule has 25 heavy (non-hydrogen) atoms. The zero-order valence-electron chi connectivity index (χ0n) is 13.6. The molecule has 0 bridgehead atoms. The predicted molar refractivity (Wildman–Crippen MR) is 84.1 cm³/mol. The highest BCUT2D eigenvalue weighted by atomic mass is 19.2. The number of benzene rings is 1. The smallest absolute Gasteiger partial charge is 0.352 e. The van der Waals surface area contributed by atoms with Crippen molar-refractivity contribution in [2.75, 3.05) is 11.4 Å². The average Bonchev–Trinajstić information content (AvgIpc) is 3.05. The topological polar surface area (TPSA) is 47.4 Å². The second kappa shape index (κ2) is 5.50. The normalized spacial score (nSPS) is 21.4. The van der Waals surface area contributed by atoms with Crippen molar-refractivity contribution < 1.29 is 17.9 Å². The Balaban J connectivity index is 1.59. The monoisotopic (exact) mass is 351 g/mol. The van der Waals surface area contributed by atoms with Gasteiger partial charge in [0.1, 0.15) is 12.4 Å². The summed E-state index contributed by atoms with van der Waals surface area (Å²) in [4.78, 5) is 18.3. The Kier molecular flexibility index (Phi) is 3.52. The molecule has 0 aliphatic carbocycles. The SMILES string of the molecule is C[C@]12CCCN1c1cc(OCc3cc(F)c(F)c(F)c3)nc(=O)n1C2. The molecule has 0 spiro atoms. The first-order valence-corrected chi connectivity index (χ1v) is 8.03. The molecule has 0 radical (unpaired) electrons. The molecule has 4 rings (SSSR count). The molecule has 1 atom stereocenters. The third-order valence-electron chi connectivity index (χ3n) is 4.92. The first kappa shape index (κ1) is 16.0. The molecule has 1 saturated heterocycles. The van der Waals surface area contributed by atoms with Gasteiger partial charge in [-0.15, -0.1) is 0 Å². The lowest BCUT2D eigenvalue weighted by Gasteiger charge is -2.27. The Hall–Kier alpha value is -2.51. The summed E-state index contributed by atoms with van der Waals surface area (Å²) in [5.74, 6) is -3.27. The maximum atomic E-state index is 13.3. The van der Waals surface area contributed by atoms with Crippen molar-refractivity contribution in [3.8, 4) is 5.88 Å².